The number of rotatable bonds is 4. The molecule has 7 nitrogen and oxygen atoms in total. The number of nitrogens with one attached hydrogen (secondary N) is 1. The van der Waals surface area contributed by atoms with E-state index < -0.39 is 11.4 Å². The van der Waals surface area contributed by atoms with Gasteiger partial charge in [0, 0.05) is 19.2 Å². The van der Waals surface area contributed by atoms with Crippen LogP contribution in [-0.4, -0.2) is 44.9 Å². The Morgan fingerprint density at radius 1 is 1.42 bits per heavy atom. The molecule has 2 aliphatic carbocycles. The number of hydrogen-bond donors (Lipinski definition) is 2. The number of fused-ring (bicyclic) bond motifs is 1. The maximum atomic E-state index is 12.6. The first-order valence-corrected chi connectivity index (χ1v) is 8.84. The molecule has 2 amide bonds. The summed E-state index contributed by atoms with van der Waals surface area (Å²) in [6.45, 7) is 2.97. The third-order valence-corrected chi connectivity index (χ3v) is 6.18. The van der Waals surface area contributed by atoms with Crippen molar-refractivity contribution in [1.29, 1.82) is 0 Å². The summed E-state index contributed by atoms with van der Waals surface area (Å²) < 4.78 is 1.87. The molecule has 2 heterocycles. The maximum Gasteiger partial charge on any atom is 0.323 e. The number of carboxylic acid groups (broad SMARTS) is 1. The third-order valence-electron chi connectivity index (χ3n) is 6.18. The standard InChI is InChI=1S/C17H24N4O3/c1-11(12-4-5-12)21-14(6-8-18-21)19-16(24)20-9-13-3-2-7-17(13,10-20)15(22)23/h6,8,11-13H,2-5,7,9-10H2,1H3,(H,19,24)(H,22,23)/t11?,13-,17+/m0/s1. The molecule has 2 N–H and O–H groups in total. The van der Waals surface area contributed by atoms with Gasteiger partial charge in [0.05, 0.1) is 17.7 Å². The van der Waals surface area contributed by atoms with Crippen LogP contribution in [0.4, 0.5) is 10.6 Å². The van der Waals surface area contributed by atoms with Gasteiger partial charge in [-0.2, -0.15) is 5.10 Å². The fourth-order valence-corrected chi connectivity index (χ4v) is 4.50. The molecule has 0 aromatic carbocycles. The fraction of sp³-hybridized carbons (Fsp3) is 0.706. The van der Waals surface area contributed by atoms with Gasteiger partial charge in [-0.25, -0.2) is 9.48 Å². The molecular formula is C17H24N4O3. The second kappa shape index (κ2) is 5.50. The number of urea groups is 1. The molecule has 2 saturated carbocycles. The zero-order chi connectivity index (χ0) is 16.9. The van der Waals surface area contributed by atoms with Gasteiger partial charge in [0.15, 0.2) is 0 Å². The van der Waals surface area contributed by atoms with Crippen LogP contribution in [0.1, 0.15) is 45.1 Å². The summed E-state index contributed by atoms with van der Waals surface area (Å²) >= 11 is 0. The minimum Gasteiger partial charge on any atom is -0.481 e. The normalized spacial score (nSPS) is 30.2. The van der Waals surface area contributed by atoms with Crippen LogP contribution in [0.25, 0.3) is 0 Å². The molecule has 3 fully saturated rings. The molecular weight excluding hydrogens is 308 g/mol. The number of hydrogen-bond acceptors (Lipinski definition) is 3. The molecule has 3 aliphatic rings. The summed E-state index contributed by atoms with van der Waals surface area (Å²) in [6, 6.07) is 1.87. The highest BCUT2D eigenvalue weighted by Gasteiger charge is 2.55. The number of carbonyl (C=O) groups is 2. The number of aliphatic carboxylic acids is 1. The minimum absolute atomic E-state index is 0.0797. The Kier molecular flexibility index (Phi) is 3.54. The zero-order valence-corrected chi connectivity index (χ0v) is 13.9. The van der Waals surface area contributed by atoms with E-state index >= 15 is 0 Å². The molecule has 0 spiro atoms. The van der Waals surface area contributed by atoms with Crippen molar-refractivity contribution in [3.8, 4) is 0 Å². The Morgan fingerprint density at radius 2 is 2.21 bits per heavy atom. The highest BCUT2D eigenvalue weighted by Crippen LogP contribution is 2.49. The summed E-state index contributed by atoms with van der Waals surface area (Å²) in [5.74, 6) is 0.659. The summed E-state index contributed by atoms with van der Waals surface area (Å²) in [5, 5.41) is 16.9. The molecule has 7 heteroatoms. The van der Waals surface area contributed by atoms with E-state index in [9.17, 15) is 14.7 Å². The van der Waals surface area contributed by atoms with E-state index in [0.717, 1.165) is 12.8 Å². The number of aromatic nitrogens is 2. The van der Waals surface area contributed by atoms with Gasteiger partial charge in [0.25, 0.3) is 0 Å². The van der Waals surface area contributed by atoms with E-state index in [-0.39, 0.29) is 18.0 Å². The van der Waals surface area contributed by atoms with Gasteiger partial charge in [-0.3, -0.25) is 10.1 Å². The van der Waals surface area contributed by atoms with E-state index in [4.69, 9.17) is 0 Å². The predicted octanol–water partition coefficient (Wildman–Crippen LogP) is 2.57. The maximum absolute atomic E-state index is 12.6. The molecule has 1 aromatic rings. The highest BCUT2D eigenvalue weighted by atomic mass is 16.4. The number of carboxylic acids is 1. The van der Waals surface area contributed by atoms with Crippen LogP contribution in [0.15, 0.2) is 12.3 Å². The molecule has 4 rings (SSSR count). The Bertz CT molecular complexity index is 669. The van der Waals surface area contributed by atoms with Crippen molar-refractivity contribution in [1.82, 2.24) is 14.7 Å². The number of amides is 2. The van der Waals surface area contributed by atoms with Gasteiger partial charge < -0.3 is 10.0 Å². The predicted molar refractivity (Wildman–Crippen MR) is 87.7 cm³/mol. The molecule has 1 aliphatic heterocycles. The summed E-state index contributed by atoms with van der Waals surface area (Å²) in [5.41, 5.74) is -0.737. The molecule has 130 valence electrons. The first kappa shape index (κ1) is 15.5. The molecule has 1 aromatic heterocycles. The van der Waals surface area contributed by atoms with E-state index in [2.05, 4.69) is 17.3 Å². The number of carbonyl (C=O) groups excluding carboxylic acids is 1. The van der Waals surface area contributed by atoms with Crippen molar-refractivity contribution >= 4 is 17.8 Å². The van der Waals surface area contributed by atoms with Crippen molar-refractivity contribution in [3.63, 3.8) is 0 Å². The topological polar surface area (TPSA) is 87.5 Å². The number of likely N-dealkylation sites (tertiary alicyclic amines) is 1. The van der Waals surface area contributed by atoms with Gasteiger partial charge in [-0.1, -0.05) is 6.42 Å². The van der Waals surface area contributed by atoms with Gasteiger partial charge in [-0.15, -0.1) is 0 Å². The van der Waals surface area contributed by atoms with Crippen molar-refractivity contribution in [3.05, 3.63) is 12.3 Å². The average Bonchev–Trinajstić information content (AvgIpc) is 2.98. The second-order valence-corrected chi connectivity index (χ2v) is 7.60. The Morgan fingerprint density at radius 3 is 2.88 bits per heavy atom. The smallest absolute Gasteiger partial charge is 0.323 e. The quantitative estimate of drug-likeness (QED) is 0.887. The van der Waals surface area contributed by atoms with Crippen LogP contribution in [0, 0.1) is 17.3 Å². The summed E-state index contributed by atoms with van der Waals surface area (Å²) in [7, 11) is 0. The minimum atomic E-state index is -0.757. The van der Waals surface area contributed by atoms with Gasteiger partial charge in [0.1, 0.15) is 5.82 Å². The molecule has 1 unspecified atom stereocenters. The van der Waals surface area contributed by atoms with E-state index in [1.54, 1.807) is 17.2 Å². The van der Waals surface area contributed by atoms with Crippen LogP contribution in [0.3, 0.4) is 0 Å². The van der Waals surface area contributed by atoms with E-state index in [0.29, 0.717) is 31.2 Å². The zero-order valence-electron chi connectivity index (χ0n) is 13.9. The molecule has 1 saturated heterocycles. The van der Waals surface area contributed by atoms with Crippen LogP contribution >= 0.6 is 0 Å². The lowest BCUT2D eigenvalue weighted by Gasteiger charge is -2.23. The summed E-state index contributed by atoms with van der Waals surface area (Å²) in [6.07, 6.45) is 6.64. The molecule has 0 bridgehead atoms. The van der Waals surface area contributed by atoms with Crippen molar-refractivity contribution < 1.29 is 14.7 Å². The van der Waals surface area contributed by atoms with Crippen LogP contribution in [0.5, 0.6) is 0 Å². The first-order chi connectivity index (χ1) is 11.5. The first-order valence-electron chi connectivity index (χ1n) is 8.84. The van der Waals surface area contributed by atoms with Crippen molar-refractivity contribution in [2.24, 2.45) is 17.3 Å². The van der Waals surface area contributed by atoms with Gasteiger partial charge >= 0.3 is 12.0 Å². The second-order valence-electron chi connectivity index (χ2n) is 7.60. The third kappa shape index (κ3) is 2.37. The van der Waals surface area contributed by atoms with Crippen LogP contribution < -0.4 is 5.32 Å². The lowest BCUT2D eigenvalue weighted by atomic mass is 9.81. The Hall–Kier alpha value is -2.05. The largest absolute Gasteiger partial charge is 0.481 e. The van der Waals surface area contributed by atoms with E-state index in [1.165, 1.54) is 12.8 Å². The van der Waals surface area contributed by atoms with Crippen LogP contribution in [0.2, 0.25) is 0 Å². The lowest BCUT2D eigenvalue weighted by molar-refractivity contribution is -0.149. The lowest BCUT2D eigenvalue weighted by Crippen LogP contribution is -2.39. The monoisotopic (exact) mass is 332 g/mol. The number of nitrogens with zero attached hydrogens (tertiary/aromatic N) is 3. The average molecular weight is 332 g/mol. The van der Waals surface area contributed by atoms with Gasteiger partial charge in [-0.05, 0) is 44.4 Å². The molecule has 24 heavy (non-hydrogen) atoms. The fourth-order valence-electron chi connectivity index (χ4n) is 4.50. The Labute approximate surface area is 141 Å². The van der Waals surface area contributed by atoms with Crippen molar-refractivity contribution in [2.45, 2.75) is 45.1 Å². The molecule has 0 radical (unpaired) electrons. The Balaban J connectivity index is 1.46. The SMILES string of the molecule is CC(C1CC1)n1nccc1NC(=O)N1C[C@@H]2CCC[C@@]2(C(=O)O)C1. The molecule has 3 atom stereocenters. The van der Waals surface area contributed by atoms with Gasteiger partial charge in [0.2, 0.25) is 0 Å². The summed E-state index contributed by atoms with van der Waals surface area (Å²) in [4.78, 5) is 26.1. The van der Waals surface area contributed by atoms with Crippen LogP contribution in [-0.2, 0) is 4.79 Å². The highest BCUT2D eigenvalue weighted by molar-refractivity contribution is 5.90. The van der Waals surface area contributed by atoms with Crippen molar-refractivity contribution in [2.75, 3.05) is 18.4 Å². The number of anilines is 1. The van der Waals surface area contributed by atoms with E-state index in [1.807, 2.05) is 4.68 Å².